The quantitative estimate of drug-likeness (QED) is 0.738. The van der Waals surface area contributed by atoms with Gasteiger partial charge in [-0.25, -0.2) is 4.98 Å². The summed E-state index contributed by atoms with van der Waals surface area (Å²) in [6.07, 6.45) is 3.55. The van der Waals surface area contributed by atoms with Gasteiger partial charge in [0.25, 0.3) is 0 Å². The molecule has 0 saturated heterocycles. The number of H-pyrrole nitrogens is 1. The van der Waals surface area contributed by atoms with E-state index in [1.54, 1.807) is 0 Å². The summed E-state index contributed by atoms with van der Waals surface area (Å²) in [6.45, 7) is 4.28. The average Bonchev–Trinajstić information content (AvgIpc) is 2.98. The van der Waals surface area contributed by atoms with Crippen LogP contribution < -0.4 is 10.3 Å². The Kier molecular flexibility index (Phi) is 3.11. The first-order chi connectivity index (χ1) is 10.7. The Morgan fingerprint density at radius 1 is 0.909 bits per heavy atom. The maximum atomic E-state index is 3.68. The molecule has 0 spiro atoms. The summed E-state index contributed by atoms with van der Waals surface area (Å²) in [5.41, 5.74) is 9.11. The van der Waals surface area contributed by atoms with E-state index in [1.165, 1.54) is 45.4 Å². The van der Waals surface area contributed by atoms with Crippen molar-refractivity contribution in [3.8, 4) is 0 Å². The topological polar surface area (TPSA) is 26.2 Å². The van der Waals surface area contributed by atoms with Crippen LogP contribution in [0, 0.1) is 13.8 Å². The Hall–Kier alpha value is -2.35. The number of fused-ring (bicyclic) bond motifs is 2. The summed E-state index contributed by atoms with van der Waals surface area (Å²) in [5, 5.41) is 4.97. The van der Waals surface area contributed by atoms with Crippen molar-refractivity contribution in [3.05, 3.63) is 64.8 Å². The lowest BCUT2D eigenvalue weighted by molar-refractivity contribution is -0.356. The summed E-state index contributed by atoms with van der Waals surface area (Å²) in [7, 11) is 0. The lowest BCUT2D eigenvalue weighted by Crippen LogP contribution is -2.14. The van der Waals surface area contributed by atoms with Crippen molar-refractivity contribution < 1.29 is 4.98 Å². The molecule has 1 heterocycles. The highest BCUT2D eigenvalue weighted by Crippen LogP contribution is 2.34. The molecule has 2 heteroatoms. The van der Waals surface area contributed by atoms with E-state index in [0.717, 1.165) is 18.5 Å². The van der Waals surface area contributed by atoms with Gasteiger partial charge >= 0.3 is 0 Å². The Morgan fingerprint density at radius 3 is 2.50 bits per heavy atom. The van der Waals surface area contributed by atoms with Crippen molar-refractivity contribution in [1.29, 1.82) is 0 Å². The Morgan fingerprint density at radius 2 is 1.68 bits per heavy atom. The predicted molar refractivity (Wildman–Crippen MR) is 91.7 cm³/mol. The zero-order valence-electron chi connectivity index (χ0n) is 13.2. The number of benzene rings is 2. The lowest BCUT2D eigenvalue weighted by Gasteiger charge is -2.12. The molecule has 2 N–H and O–H groups in total. The highest BCUT2D eigenvalue weighted by atomic mass is 14.9. The minimum Gasteiger partial charge on any atom is -0.354 e. The molecule has 0 aliphatic heterocycles. The smallest absolute Gasteiger partial charge is 0.213 e. The highest BCUT2D eigenvalue weighted by molar-refractivity contribution is 5.93. The number of aromatic amines is 1. The van der Waals surface area contributed by atoms with E-state index in [2.05, 4.69) is 66.6 Å². The van der Waals surface area contributed by atoms with Crippen molar-refractivity contribution in [3.63, 3.8) is 0 Å². The van der Waals surface area contributed by atoms with Gasteiger partial charge in [0, 0.05) is 23.7 Å². The van der Waals surface area contributed by atoms with Crippen LogP contribution in [0.15, 0.2) is 42.5 Å². The molecule has 0 radical (unpaired) electrons. The maximum Gasteiger partial charge on any atom is 0.213 e. The molecular formula is C20H21N2+. The number of hydrogen-bond acceptors (Lipinski definition) is 1. The van der Waals surface area contributed by atoms with Crippen molar-refractivity contribution in [2.75, 3.05) is 5.32 Å². The second-order valence-corrected chi connectivity index (χ2v) is 6.35. The van der Waals surface area contributed by atoms with Crippen LogP contribution in [0.1, 0.15) is 28.8 Å². The third-order valence-electron chi connectivity index (χ3n) is 4.57. The molecule has 2 nitrogen and oxygen atoms in total. The molecule has 1 aromatic heterocycles. The maximum absolute atomic E-state index is 3.68. The summed E-state index contributed by atoms with van der Waals surface area (Å²) in [4.78, 5) is 3.63. The van der Waals surface area contributed by atoms with Crippen molar-refractivity contribution in [2.24, 2.45) is 0 Å². The molecule has 110 valence electrons. The first kappa shape index (κ1) is 13.3. The highest BCUT2D eigenvalue weighted by Gasteiger charge is 2.24. The Bertz CT molecular complexity index is 848. The molecule has 1 aliphatic rings. The lowest BCUT2D eigenvalue weighted by atomic mass is 10.0. The van der Waals surface area contributed by atoms with E-state index in [-0.39, 0.29) is 0 Å². The van der Waals surface area contributed by atoms with E-state index in [9.17, 15) is 0 Å². The first-order valence-corrected chi connectivity index (χ1v) is 8.02. The number of hydrogen-bond donors (Lipinski definition) is 1. The summed E-state index contributed by atoms with van der Waals surface area (Å²) < 4.78 is 0. The molecule has 4 rings (SSSR count). The molecule has 0 fully saturated rings. The first-order valence-electron chi connectivity index (χ1n) is 8.02. The third-order valence-corrected chi connectivity index (χ3v) is 4.57. The monoisotopic (exact) mass is 289 g/mol. The molecule has 22 heavy (non-hydrogen) atoms. The van der Waals surface area contributed by atoms with Gasteiger partial charge in [-0.3, -0.25) is 0 Å². The zero-order chi connectivity index (χ0) is 15.1. The average molecular weight is 289 g/mol. The van der Waals surface area contributed by atoms with Gasteiger partial charge < -0.3 is 5.32 Å². The fraction of sp³-hybridized carbons (Fsp3) is 0.250. The number of pyridine rings is 1. The molecule has 0 atom stereocenters. The standard InChI is InChI=1S/C20H20N2/c1-13-6-9-15(10-7-13)21-20-16-4-3-5-18(16)22-19-11-8-14(2)12-17(19)20/h6-12H,3-5H2,1-2H3,(H,21,22)/p+1. The number of rotatable bonds is 2. The van der Waals surface area contributed by atoms with Crippen LogP contribution in [-0.2, 0) is 12.8 Å². The molecule has 2 aromatic carbocycles. The summed E-state index contributed by atoms with van der Waals surface area (Å²) in [5.74, 6) is 0. The van der Waals surface area contributed by atoms with Crippen LogP contribution in [-0.4, -0.2) is 0 Å². The molecule has 0 bridgehead atoms. The third kappa shape index (κ3) is 2.25. The number of nitrogens with one attached hydrogen (secondary N) is 2. The van der Waals surface area contributed by atoms with Crippen LogP contribution in [0.25, 0.3) is 10.9 Å². The number of aryl methyl sites for hydroxylation is 3. The number of aromatic nitrogens is 1. The molecular weight excluding hydrogens is 268 g/mol. The van der Waals surface area contributed by atoms with Crippen LogP contribution in [0.5, 0.6) is 0 Å². The van der Waals surface area contributed by atoms with Gasteiger partial charge in [0.15, 0.2) is 5.69 Å². The van der Waals surface area contributed by atoms with E-state index in [4.69, 9.17) is 0 Å². The molecule has 0 unspecified atom stereocenters. The van der Waals surface area contributed by atoms with E-state index < -0.39 is 0 Å². The zero-order valence-corrected chi connectivity index (χ0v) is 13.2. The fourth-order valence-electron chi connectivity index (χ4n) is 3.38. The van der Waals surface area contributed by atoms with Crippen molar-refractivity contribution in [2.45, 2.75) is 33.1 Å². The summed E-state index contributed by atoms with van der Waals surface area (Å²) in [6, 6.07) is 15.3. The van der Waals surface area contributed by atoms with Gasteiger partial charge in [0.05, 0.1) is 11.1 Å². The molecule has 0 amide bonds. The van der Waals surface area contributed by atoms with Crippen LogP contribution in [0.2, 0.25) is 0 Å². The van der Waals surface area contributed by atoms with Crippen molar-refractivity contribution >= 4 is 22.3 Å². The van der Waals surface area contributed by atoms with E-state index in [0.29, 0.717) is 0 Å². The van der Waals surface area contributed by atoms with Crippen LogP contribution in [0.4, 0.5) is 11.4 Å². The van der Waals surface area contributed by atoms with E-state index >= 15 is 0 Å². The van der Waals surface area contributed by atoms with Gasteiger partial charge in [0.1, 0.15) is 0 Å². The van der Waals surface area contributed by atoms with Gasteiger partial charge in [-0.15, -0.1) is 0 Å². The van der Waals surface area contributed by atoms with Crippen LogP contribution in [0.3, 0.4) is 0 Å². The SMILES string of the molecule is Cc1ccc(Nc2c3c([nH+]c4ccc(C)cc24)CCC3)cc1. The van der Waals surface area contributed by atoms with Gasteiger partial charge in [-0.2, -0.15) is 0 Å². The minimum absolute atomic E-state index is 1.15. The van der Waals surface area contributed by atoms with Gasteiger partial charge in [0.2, 0.25) is 5.52 Å². The second kappa shape index (κ2) is 5.13. The Labute approximate surface area is 131 Å². The van der Waals surface area contributed by atoms with Crippen LogP contribution >= 0.6 is 0 Å². The van der Waals surface area contributed by atoms with E-state index in [1.807, 2.05) is 0 Å². The van der Waals surface area contributed by atoms with Gasteiger partial charge in [-0.05, 0) is 50.5 Å². The summed E-state index contributed by atoms with van der Waals surface area (Å²) >= 11 is 0. The normalized spacial score (nSPS) is 13.4. The number of anilines is 2. The largest absolute Gasteiger partial charge is 0.354 e. The molecule has 3 aromatic rings. The second-order valence-electron chi connectivity index (χ2n) is 6.35. The van der Waals surface area contributed by atoms with Crippen molar-refractivity contribution in [1.82, 2.24) is 0 Å². The fourth-order valence-corrected chi connectivity index (χ4v) is 3.38. The predicted octanol–water partition coefficient (Wildman–Crippen LogP) is 4.50. The Balaban J connectivity index is 1.90. The van der Waals surface area contributed by atoms with Gasteiger partial charge in [-0.1, -0.05) is 23.8 Å². The molecule has 1 aliphatic carbocycles. The minimum atomic E-state index is 1.15. The molecule has 0 saturated carbocycles.